The van der Waals surface area contributed by atoms with E-state index in [1.54, 1.807) is 0 Å². The number of rotatable bonds is 3. The molecule has 0 saturated carbocycles. The lowest BCUT2D eigenvalue weighted by Gasteiger charge is -1.85. The summed E-state index contributed by atoms with van der Waals surface area (Å²) >= 11 is 0. The molecule has 0 aliphatic heterocycles. The first-order chi connectivity index (χ1) is 4.63. The molecule has 0 aliphatic carbocycles. The van der Waals surface area contributed by atoms with Gasteiger partial charge in [-0.1, -0.05) is 0 Å². The number of carboxylic acids is 2. The van der Waals surface area contributed by atoms with Crippen molar-refractivity contribution in [1.82, 2.24) is 0 Å². The second-order valence-corrected chi connectivity index (χ2v) is 1.29. The van der Waals surface area contributed by atoms with E-state index >= 15 is 0 Å². The van der Waals surface area contributed by atoms with Crippen molar-refractivity contribution in [3.63, 3.8) is 0 Å². The Hall–Kier alpha value is -1.14. The molecule has 10 heavy (non-hydrogen) atoms. The normalized spacial score (nSPS) is 7.40. The van der Waals surface area contributed by atoms with Gasteiger partial charge in [-0.25, -0.2) is 0 Å². The van der Waals surface area contributed by atoms with Crippen LogP contribution in [0.1, 0.15) is 12.8 Å². The van der Waals surface area contributed by atoms with Gasteiger partial charge >= 0.3 is 11.9 Å². The van der Waals surface area contributed by atoms with E-state index in [-0.39, 0.29) is 12.8 Å². The molecule has 0 radical (unpaired) electrons. The zero-order valence-electron chi connectivity index (χ0n) is 5.02. The zero-order valence-corrected chi connectivity index (χ0v) is 5.02. The van der Waals surface area contributed by atoms with Crippen LogP contribution in [-0.2, 0) is 9.59 Å². The van der Waals surface area contributed by atoms with E-state index in [9.17, 15) is 9.59 Å². The smallest absolute Gasteiger partial charge is 0.303 e. The van der Waals surface area contributed by atoms with Gasteiger partial charge in [-0.15, -0.1) is 0 Å². The van der Waals surface area contributed by atoms with Crippen LogP contribution in [0.4, 0.5) is 0 Å². The molecule has 6 nitrogen and oxygen atoms in total. The summed E-state index contributed by atoms with van der Waals surface area (Å²) < 4.78 is 0. The molecule has 0 heterocycles. The first kappa shape index (κ1) is 11.6. The molecule has 6 heteroatoms. The highest BCUT2D eigenvalue weighted by Gasteiger charge is 2.00. The molecule has 0 amide bonds. The lowest BCUT2D eigenvalue weighted by Crippen LogP contribution is -2.00. The Morgan fingerprint density at radius 1 is 0.900 bits per heavy atom. The van der Waals surface area contributed by atoms with Crippen molar-refractivity contribution >= 4 is 11.9 Å². The van der Waals surface area contributed by atoms with Crippen LogP contribution in [0, 0.1) is 0 Å². The average molecular weight is 152 g/mol. The number of carboxylic acid groups (broad SMARTS) is 2. The van der Waals surface area contributed by atoms with Crippen molar-refractivity contribution in [3.05, 3.63) is 0 Å². The van der Waals surface area contributed by atoms with Crippen LogP contribution in [0.5, 0.6) is 0 Å². The van der Waals surface area contributed by atoms with Crippen LogP contribution in [0.2, 0.25) is 0 Å². The van der Waals surface area contributed by atoms with E-state index in [1.807, 2.05) is 0 Å². The second kappa shape index (κ2) is 7.86. The minimum atomic E-state index is -1.08. The first-order valence-electron chi connectivity index (χ1n) is 2.26. The van der Waals surface area contributed by atoms with Gasteiger partial charge < -0.3 is 10.2 Å². The average Bonchev–Trinajstić information content (AvgIpc) is 1.89. The Labute approximate surface area is 56.3 Å². The summed E-state index contributed by atoms with van der Waals surface area (Å²) in [5, 5.41) is 27.8. The van der Waals surface area contributed by atoms with E-state index in [4.69, 9.17) is 20.7 Å². The largest absolute Gasteiger partial charge is 0.481 e. The monoisotopic (exact) mass is 152 g/mol. The fourth-order valence-electron chi connectivity index (χ4n) is 0.214. The molecular weight excluding hydrogens is 144 g/mol. The van der Waals surface area contributed by atoms with Crippen LogP contribution in [0.15, 0.2) is 0 Å². The Kier molecular flexibility index (Phi) is 9.14. The van der Waals surface area contributed by atoms with Crippen LogP contribution in [0.25, 0.3) is 0 Å². The van der Waals surface area contributed by atoms with Crippen molar-refractivity contribution < 1.29 is 30.3 Å². The molecular formula is C4H8O6. The second-order valence-electron chi connectivity index (χ2n) is 1.29. The number of hydrogen-bond donors (Lipinski definition) is 4. The van der Waals surface area contributed by atoms with Crippen molar-refractivity contribution in [3.8, 4) is 0 Å². The summed E-state index contributed by atoms with van der Waals surface area (Å²) in [6.45, 7) is 0. The first-order valence-corrected chi connectivity index (χ1v) is 2.26. The lowest BCUT2D eigenvalue weighted by molar-refractivity contribution is -0.176. The predicted molar refractivity (Wildman–Crippen MR) is 29.8 cm³/mol. The van der Waals surface area contributed by atoms with Crippen molar-refractivity contribution in [2.75, 3.05) is 0 Å². The van der Waals surface area contributed by atoms with Gasteiger partial charge in [0.15, 0.2) is 0 Å². The molecule has 0 aromatic carbocycles. The molecule has 0 unspecified atom stereocenters. The van der Waals surface area contributed by atoms with Gasteiger partial charge in [0, 0.05) is 0 Å². The number of carbonyl (C=O) groups is 2. The van der Waals surface area contributed by atoms with E-state index < -0.39 is 11.9 Å². The summed E-state index contributed by atoms with van der Waals surface area (Å²) in [6, 6.07) is 0. The fraction of sp³-hybridized carbons (Fsp3) is 0.500. The standard InChI is InChI=1S/C4H6O4.H2O2/c5-3(6)1-2-4(7)8;1-2/h1-2H2,(H,5,6)(H,7,8);1-2H. The van der Waals surface area contributed by atoms with Gasteiger partial charge in [-0.05, 0) is 0 Å². The fourth-order valence-corrected chi connectivity index (χ4v) is 0.214. The third kappa shape index (κ3) is 15.8. The van der Waals surface area contributed by atoms with Gasteiger partial charge in [0.1, 0.15) is 0 Å². The molecule has 0 rings (SSSR count). The summed E-state index contributed by atoms with van der Waals surface area (Å²) in [4.78, 5) is 19.3. The van der Waals surface area contributed by atoms with Crippen LogP contribution in [0.3, 0.4) is 0 Å². The minimum Gasteiger partial charge on any atom is -0.481 e. The van der Waals surface area contributed by atoms with Crippen molar-refractivity contribution in [2.45, 2.75) is 12.8 Å². The molecule has 4 N–H and O–H groups in total. The Morgan fingerprint density at radius 2 is 1.10 bits per heavy atom. The predicted octanol–water partition coefficient (Wildman–Crippen LogP) is -0.0468. The molecule has 0 aromatic heterocycles. The van der Waals surface area contributed by atoms with Crippen LogP contribution in [-0.4, -0.2) is 32.7 Å². The summed E-state index contributed by atoms with van der Waals surface area (Å²) in [7, 11) is 0. The van der Waals surface area contributed by atoms with E-state index in [1.165, 1.54) is 0 Å². The van der Waals surface area contributed by atoms with Crippen molar-refractivity contribution in [2.24, 2.45) is 0 Å². The van der Waals surface area contributed by atoms with Gasteiger partial charge in [0.05, 0.1) is 12.8 Å². The number of hydrogen-bond acceptors (Lipinski definition) is 4. The molecule has 0 atom stereocenters. The Balaban J connectivity index is 0. The highest BCUT2D eigenvalue weighted by molar-refractivity contribution is 5.75. The maximum atomic E-state index is 9.64. The lowest BCUT2D eigenvalue weighted by atomic mass is 10.3. The Morgan fingerprint density at radius 3 is 1.20 bits per heavy atom. The molecule has 0 aromatic rings. The van der Waals surface area contributed by atoms with Gasteiger partial charge in [0.25, 0.3) is 0 Å². The van der Waals surface area contributed by atoms with E-state index in [0.29, 0.717) is 0 Å². The highest BCUT2D eigenvalue weighted by Crippen LogP contribution is 1.85. The topological polar surface area (TPSA) is 115 Å². The maximum Gasteiger partial charge on any atom is 0.303 e. The van der Waals surface area contributed by atoms with Gasteiger partial charge in [-0.2, -0.15) is 0 Å². The number of aliphatic carboxylic acids is 2. The third-order valence-electron chi connectivity index (χ3n) is 0.553. The summed E-state index contributed by atoms with van der Waals surface area (Å²) in [5.41, 5.74) is 0. The zero-order chi connectivity index (χ0) is 8.57. The van der Waals surface area contributed by atoms with Crippen LogP contribution >= 0.6 is 0 Å². The molecule has 0 saturated heterocycles. The third-order valence-corrected chi connectivity index (χ3v) is 0.553. The Bertz CT molecular complexity index is 94.3. The van der Waals surface area contributed by atoms with Crippen molar-refractivity contribution in [1.29, 1.82) is 0 Å². The van der Waals surface area contributed by atoms with E-state index in [2.05, 4.69) is 0 Å². The summed E-state index contributed by atoms with van der Waals surface area (Å²) in [6.07, 6.45) is -0.593. The maximum absolute atomic E-state index is 9.64. The van der Waals surface area contributed by atoms with Gasteiger partial charge in [0.2, 0.25) is 0 Å². The molecule has 0 bridgehead atoms. The van der Waals surface area contributed by atoms with Crippen LogP contribution < -0.4 is 0 Å². The molecule has 60 valence electrons. The SMILES string of the molecule is O=C(O)CCC(=O)O.OO. The quantitative estimate of drug-likeness (QED) is 0.333. The molecule has 0 spiro atoms. The van der Waals surface area contributed by atoms with Gasteiger partial charge in [-0.3, -0.25) is 20.1 Å². The molecule has 0 fully saturated rings. The minimum absolute atomic E-state index is 0.296. The molecule has 0 aliphatic rings. The van der Waals surface area contributed by atoms with E-state index in [0.717, 1.165) is 0 Å². The summed E-state index contributed by atoms with van der Waals surface area (Å²) in [5.74, 6) is -2.15. The highest BCUT2D eigenvalue weighted by atomic mass is 17.0.